The Labute approximate surface area is 230 Å². The van der Waals surface area contributed by atoms with E-state index in [9.17, 15) is 14.0 Å². The fraction of sp³-hybridized carbons (Fsp3) is 0.517. The fourth-order valence-electron chi connectivity index (χ4n) is 4.05. The monoisotopic (exact) mass is 550 g/mol. The summed E-state index contributed by atoms with van der Waals surface area (Å²) in [5.41, 5.74) is 1.34. The zero-order valence-corrected chi connectivity index (χ0v) is 23.9. The largest absolute Gasteiger partial charge is 0.466 e. The number of rotatable bonds is 13. The summed E-state index contributed by atoms with van der Waals surface area (Å²) in [5, 5.41) is 3.39. The molecule has 0 spiro atoms. The number of likely N-dealkylation sites (N-methyl/N-ethyl adjacent to an activating group) is 1. The number of esters is 1. The van der Waals surface area contributed by atoms with Gasteiger partial charge in [-0.2, -0.15) is 0 Å². The highest BCUT2D eigenvalue weighted by Gasteiger charge is 2.28. The van der Waals surface area contributed by atoms with E-state index >= 15 is 0 Å². The van der Waals surface area contributed by atoms with Crippen LogP contribution < -0.4 is 5.32 Å². The molecule has 0 aliphatic carbocycles. The number of ether oxygens (including phenoxy) is 3. The lowest BCUT2D eigenvalue weighted by atomic mass is 9.93. The third-order valence-electron chi connectivity index (χ3n) is 5.79. The van der Waals surface area contributed by atoms with E-state index in [0.29, 0.717) is 48.7 Å². The molecule has 2 aromatic carbocycles. The number of nitrogens with one attached hydrogen (secondary N) is 1. The molecule has 0 saturated heterocycles. The highest BCUT2D eigenvalue weighted by atomic mass is 35.5. The Hall–Kier alpha value is -2.68. The minimum absolute atomic E-state index is 0.267. The Kier molecular flexibility index (Phi) is 12.5. The van der Waals surface area contributed by atoms with Crippen molar-refractivity contribution in [3.05, 3.63) is 58.9 Å². The van der Waals surface area contributed by atoms with Crippen LogP contribution in [0.15, 0.2) is 42.5 Å². The van der Waals surface area contributed by atoms with Gasteiger partial charge in [0.2, 0.25) is 0 Å². The number of amides is 1. The summed E-state index contributed by atoms with van der Waals surface area (Å²) in [4.78, 5) is 27.5. The lowest BCUT2D eigenvalue weighted by molar-refractivity contribution is -0.149. The van der Waals surface area contributed by atoms with Crippen molar-refractivity contribution in [2.45, 2.75) is 52.2 Å². The first-order valence-electron chi connectivity index (χ1n) is 12.8. The number of nitrogens with zero attached hydrogens (tertiary/aromatic N) is 1. The lowest BCUT2D eigenvalue weighted by Crippen LogP contribution is -2.44. The van der Waals surface area contributed by atoms with Gasteiger partial charge in [0.25, 0.3) is 0 Å². The second kappa shape index (κ2) is 15.0. The summed E-state index contributed by atoms with van der Waals surface area (Å²) in [5.74, 6) is -1.16. The number of halogens is 2. The van der Waals surface area contributed by atoms with Gasteiger partial charge in [-0.15, -0.1) is 0 Å². The van der Waals surface area contributed by atoms with Crippen LogP contribution in [0.25, 0.3) is 11.1 Å². The van der Waals surface area contributed by atoms with E-state index in [1.54, 1.807) is 40.9 Å². The molecule has 0 aliphatic rings. The predicted octanol–water partition coefficient (Wildman–Crippen LogP) is 5.73. The van der Waals surface area contributed by atoms with Gasteiger partial charge in [-0.25, -0.2) is 9.18 Å². The van der Waals surface area contributed by atoms with Crippen LogP contribution in [0.2, 0.25) is 5.02 Å². The van der Waals surface area contributed by atoms with E-state index in [0.717, 1.165) is 5.56 Å². The lowest BCUT2D eigenvalue weighted by Gasteiger charge is -2.28. The molecule has 0 aliphatic heterocycles. The normalized spacial score (nSPS) is 13.2. The van der Waals surface area contributed by atoms with E-state index in [1.807, 2.05) is 36.2 Å². The van der Waals surface area contributed by atoms with Crippen molar-refractivity contribution < 1.29 is 28.2 Å². The summed E-state index contributed by atoms with van der Waals surface area (Å²) in [7, 11) is 3.54. The first kappa shape index (κ1) is 31.5. The van der Waals surface area contributed by atoms with Crippen molar-refractivity contribution in [1.29, 1.82) is 0 Å². The van der Waals surface area contributed by atoms with Crippen LogP contribution in [0.3, 0.4) is 0 Å². The molecule has 0 radical (unpaired) electrons. The Morgan fingerprint density at radius 3 is 2.42 bits per heavy atom. The first-order chi connectivity index (χ1) is 17.9. The van der Waals surface area contributed by atoms with Crippen LogP contribution in [0.5, 0.6) is 0 Å². The van der Waals surface area contributed by atoms with Gasteiger partial charge in [-0.05, 0) is 76.9 Å². The van der Waals surface area contributed by atoms with Gasteiger partial charge in [0.15, 0.2) is 0 Å². The second-order valence-electron chi connectivity index (χ2n) is 10.3. The molecule has 0 fully saturated rings. The molecule has 0 bridgehead atoms. The third-order valence-corrected chi connectivity index (χ3v) is 6.03. The summed E-state index contributed by atoms with van der Waals surface area (Å²) in [6.07, 6.45) is 0.227. The third kappa shape index (κ3) is 11.0. The highest BCUT2D eigenvalue weighted by molar-refractivity contribution is 6.30. The predicted molar refractivity (Wildman–Crippen MR) is 148 cm³/mol. The van der Waals surface area contributed by atoms with Crippen molar-refractivity contribution in [3.63, 3.8) is 0 Å². The molecule has 210 valence electrons. The van der Waals surface area contributed by atoms with E-state index in [-0.39, 0.29) is 18.4 Å². The van der Waals surface area contributed by atoms with Crippen molar-refractivity contribution in [2.24, 2.45) is 5.92 Å². The summed E-state index contributed by atoms with van der Waals surface area (Å²) < 4.78 is 30.3. The topological polar surface area (TPSA) is 77.1 Å². The minimum Gasteiger partial charge on any atom is -0.466 e. The van der Waals surface area contributed by atoms with Crippen molar-refractivity contribution in [1.82, 2.24) is 10.2 Å². The van der Waals surface area contributed by atoms with E-state index in [4.69, 9.17) is 25.8 Å². The van der Waals surface area contributed by atoms with Crippen LogP contribution in [0, 0.1) is 11.7 Å². The Balaban J connectivity index is 2.26. The molecule has 1 N–H and O–H groups in total. The van der Waals surface area contributed by atoms with Crippen molar-refractivity contribution in [3.8, 4) is 11.1 Å². The number of hydrogen-bond donors (Lipinski definition) is 1. The van der Waals surface area contributed by atoms with Gasteiger partial charge >= 0.3 is 12.1 Å². The van der Waals surface area contributed by atoms with Gasteiger partial charge in [-0.1, -0.05) is 35.9 Å². The van der Waals surface area contributed by atoms with Crippen molar-refractivity contribution >= 4 is 23.7 Å². The summed E-state index contributed by atoms with van der Waals surface area (Å²) in [6, 6.07) is 11.4. The number of alkyl carbamates (subject to hydrolysis) is 1. The molecule has 0 heterocycles. The number of carbonyl (C=O) groups is 2. The summed E-state index contributed by atoms with van der Waals surface area (Å²) in [6.45, 7) is 9.04. The van der Waals surface area contributed by atoms with Crippen molar-refractivity contribution in [2.75, 3.05) is 40.5 Å². The van der Waals surface area contributed by atoms with Crippen LogP contribution in [0.1, 0.15) is 39.7 Å². The Morgan fingerprint density at radius 1 is 1.13 bits per heavy atom. The van der Waals surface area contributed by atoms with E-state index < -0.39 is 23.7 Å². The zero-order valence-electron chi connectivity index (χ0n) is 23.2. The average Bonchev–Trinajstić information content (AvgIpc) is 2.83. The van der Waals surface area contributed by atoms with Gasteiger partial charge in [-0.3, -0.25) is 4.79 Å². The van der Waals surface area contributed by atoms with E-state index in [1.165, 1.54) is 12.1 Å². The SMILES string of the molecule is CCOC(=O)[C@@H](C[C@@H](Cc1ccc(-c2cc(Cl)ccc2F)cc1)NC(=O)OC(C)(C)C)CN(C)CCOC. The molecule has 0 aromatic heterocycles. The van der Waals surface area contributed by atoms with E-state index in [2.05, 4.69) is 5.32 Å². The molecular weight excluding hydrogens is 511 g/mol. The zero-order chi connectivity index (χ0) is 28.3. The van der Waals surface area contributed by atoms with Crippen LogP contribution >= 0.6 is 11.6 Å². The fourth-order valence-corrected chi connectivity index (χ4v) is 4.23. The standard InChI is InChI=1S/C29H40ClFN2O5/c1-7-37-27(34)22(19-33(5)14-15-36-6)17-24(32-28(35)38-29(2,3)4)16-20-8-10-21(11-9-20)25-18-23(30)12-13-26(25)31/h8-13,18,22,24H,7,14-17,19H2,1-6H3,(H,32,35)/t22-,24+/m0/s1. The number of carbonyl (C=O) groups excluding carboxylic acids is 2. The van der Waals surface area contributed by atoms with Gasteiger partial charge < -0.3 is 24.4 Å². The average molecular weight is 551 g/mol. The van der Waals surface area contributed by atoms with Crippen LogP contribution in [0.4, 0.5) is 9.18 Å². The molecular formula is C29H40ClFN2O5. The Bertz CT molecular complexity index is 1040. The molecule has 9 heteroatoms. The smallest absolute Gasteiger partial charge is 0.407 e. The van der Waals surface area contributed by atoms with Crippen LogP contribution in [-0.2, 0) is 25.4 Å². The highest BCUT2D eigenvalue weighted by Crippen LogP contribution is 2.27. The summed E-state index contributed by atoms with van der Waals surface area (Å²) >= 11 is 6.05. The number of hydrogen-bond acceptors (Lipinski definition) is 6. The Morgan fingerprint density at radius 2 is 1.82 bits per heavy atom. The van der Waals surface area contributed by atoms with Gasteiger partial charge in [0.1, 0.15) is 11.4 Å². The van der Waals surface area contributed by atoms with Gasteiger partial charge in [0, 0.05) is 36.8 Å². The number of methoxy groups -OCH3 is 1. The molecule has 2 rings (SSSR count). The molecule has 0 unspecified atom stereocenters. The maximum absolute atomic E-state index is 14.3. The number of benzene rings is 2. The molecule has 2 aromatic rings. The second-order valence-corrected chi connectivity index (χ2v) is 10.7. The maximum atomic E-state index is 14.3. The molecule has 2 atom stereocenters. The molecule has 1 amide bonds. The molecule has 38 heavy (non-hydrogen) atoms. The minimum atomic E-state index is -0.668. The first-order valence-corrected chi connectivity index (χ1v) is 13.2. The molecule has 7 nitrogen and oxygen atoms in total. The van der Waals surface area contributed by atoms with Crippen LogP contribution in [-0.4, -0.2) is 69.1 Å². The quantitative estimate of drug-likeness (QED) is 0.321. The maximum Gasteiger partial charge on any atom is 0.407 e. The molecule has 0 saturated carbocycles. The van der Waals surface area contributed by atoms with Gasteiger partial charge in [0.05, 0.1) is 19.1 Å².